The normalized spacial score (nSPS) is 16.0. The lowest BCUT2D eigenvalue weighted by molar-refractivity contribution is -0.919. The smallest absolute Gasteiger partial charge is 0.258 e. The zero-order valence-corrected chi connectivity index (χ0v) is 13.5. The van der Waals surface area contributed by atoms with Crippen LogP contribution in [0, 0.1) is 5.82 Å². The fraction of sp³-hybridized carbons (Fsp3) is 0.389. The van der Waals surface area contributed by atoms with Crippen LogP contribution in [0.4, 0.5) is 4.39 Å². The molecule has 1 aliphatic heterocycles. The molecule has 2 heterocycles. The predicted molar refractivity (Wildman–Crippen MR) is 86.3 cm³/mol. The van der Waals surface area contributed by atoms with E-state index in [2.05, 4.69) is 5.32 Å². The monoisotopic (exact) mass is 333 g/mol. The Bertz CT molecular complexity index is 654. The molecule has 0 saturated carbocycles. The number of quaternary nitrogens is 1. The second-order valence-corrected chi connectivity index (χ2v) is 5.96. The van der Waals surface area contributed by atoms with Crippen LogP contribution in [0.25, 0.3) is 0 Å². The van der Waals surface area contributed by atoms with E-state index in [0.29, 0.717) is 6.54 Å². The van der Waals surface area contributed by atoms with Crippen molar-refractivity contribution in [2.75, 3.05) is 26.2 Å². The molecular weight excluding hydrogens is 311 g/mol. The lowest BCUT2D eigenvalue weighted by atomic mass is 10.2. The molecule has 2 N–H and O–H groups in total. The third kappa shape index (κ3) is 4.14. The highest BCUT2D eigenvalue weighted by Crippen LogP contribution is 2.15. The van der Waals surface area contributed by atoms with Crippen LogP contribution >= 0.6 is 0 Å². The van der Waals surface area contributed by atoms with Crippen molar-refractivity contribution in [1.82, 2.24) is 5.32 Å². The number of benzene rings is 1. The molecule has 5 nitrogen and oxygen atoms in total. The molecule has 2 aromatic rings. The van der Waals surface area contributed by atoms with Gasteiger partial charge in [0.1, 0.15) is 0 Å². The van der Waals surface area contributed by atoms with Gasteiger partial charge in [0.15, 0.2) is 30.0 Å². The summed E-state index contributed by atoms with van der Waals surface area (Å²) in [4.78, 5) is 13.4. The largest absolute Gasteiger partial charge is 0.481 e. The zero-order valence-electron chi connectivity index (χ0n) is 13.5. The van der Waals surface area contributed by atoms with E-state index in [1.54, 1.807) is 18.4 Å². The highest BCUT2D eigenvalue weighted by Gasteiger charge is 2.29. The number of rotatable bonds is 7. The molecule has 1 aliphatic rings. The van der Waals surface area contributed by atoms with Gasteiger partial charge in [0.2, 0.25) is 0 Å². The number of hydrogen-bond donors (Lipinski definition) is 2. The minimum atomic E-state index is -0.472. The Morgan fingerprint density at radius 1 is 1.25 bits per heavy atom. The number of nitrogens with one attached hydrogen (secondary N) is 2. The van der Waals surface area contributed by atoms with Crippen molar-refractivity contribution in [3.63, 3.8) is 0 Å². The second-order valence-electron chi connectivity index (χ2n) is 5.96. The number of carbonyl (C=O) groups excluding carboxylic acids is 1. The molecular formula is C18H22FN2O3+. The molecule has 24 heavy (non-hydrogen) atoms. The number of halogens is 1. The maximum atomic E-state index is 13.5. The van der Waals surface area contributed by atoms with E-state index in [9.17, 15) is 9.18 Å². The Labute approximate surface area is 140 Å². The van der Waals surface area contributed by atoms with Gasteiger partial charge < -0.3 is 19.4 Å². The quantitative estimate of drug-likeness (QED) is 0.804. The summed E-state index contributed by atoms with van der Waals surface area (Å²) < 4.78 is 24.2. The van der Waals surface area contributed by atoms with Crippen LogP contribution in [-0.4, -0.2) is 32.1 Å². The number of furan rings is 1. The number of ether oxygens (including phenoxy) is 1. The number of para-hydroxylation sites is 1. The Kier molecular flexibility index (Phi) is 5.48. The Morgan fingerprint density at radius 3 is 2.75 bits per heavy atom. The Hall–Kier alpha value is -2.34. The van der Waals surface area contributed by atoms with Crippen LogP contribution in [0.2, 0.25) is 0 Å². The molecule has 0 aliphatic carbocycles. The van der Waals surface area contributed by atoms with Crippen LogP contribution in [0.5, 0.6) is 5.75 Å². The first-order valence-corrected chi connectivity index (χ1v) is 8.26. The first kappa shape index (κ1) is 16.5. The lowest BCUT2D eigenvalue weighted by Crippen LogP contribution is -3.11. The van der Waals surface area contributed by atoms with Crippen molar-refractivity contribution in [3.05, 3.63) is 54.2 Å². The molecule has 0 unspecified atom stereocenters. The van der Waals surface area contributed by atoms with E-state index in [-0.39, 0.29) is 24.3 Å². The fourth-order valence-corrected chi connectivity index (χ4v) is 3.09. The third-order valence-electron chi connectivity index (χ3n) is 4.32. The summed E-state index contributed by atoms with van der Waals surface area (Å²) in [5, 5.41) is 2.87. The van der Waals surface area contributed by atoms with Crippen molar-refractivity contribution < 1.29 is 23.2 Å². The summed E-state index contributed by atoms with van der Waals surface area (Å²) in [5.74, 6) is 0.219. The molecule has 3 rings (SSSR count). The summed E-state index contributed by atoms with van der Waals surface area (Å²) in [6, 6.07) is 9.95. The van der Waals surface area contributed by atoms with Gasteiger partial charge in [-0.2, -0.15) is 0 Å². The Morgan fingerprint density at radius 2 is 2.04 bits per heavy atom. The minimum absolute atomic E-state index is 0.0837. The minimum Gasteiger partial charge on any atom is -0.481 e. The van der Waals surface area contributed by atoms with Gasteiger partial charge in [-0.25, -0.2) is 4.39 Å². The van der Waals surface area contributed by atoms with Gasteiger partial charge >= 0.3 is 0 Å². The SMILES string of the molecule is O=C(COc1ccccc1F)NC[C@@H](c1ccco1)[NH+]1CCCC1. The van der Waals surface area contributed by atoms with Crippen LogP contribution in [0.1, 0.15) is 24.6 Å². The van der Waals surface area contributed by atoms with Gasteiger partial charge in [-0.15, -0.1) is 0 Å². The second kappa shape index (κ2) is 7.97. The number of amides is 1. The molecule has 1 fully saturated rings. The summed E-state index contributed by atoms with van der Waals surface area (Å²) in [5.41, 5.74) is 0. The molecule has 1 amide bonds. The van der Waals surface area contributed by atoms with Crippen molar-refractivity contribution in [1.29, 1.82) is 0 Å². The van der Waals surface area contributed by atoms with Gasteiger partial charge in [0.05, 0.1) is 25.9 Å². The first-order chi connectivity index (χ1) is 11.7. The summed E-state index contributed by atoms with van der Waals surface area (Å²) in [6.45, 7) is 2.42. The van der Waals surface area contributed by atoms with E-state index in [0.717, 1.165) is 18.8 Å². The average molecular weight is 333 g/mol. The molecule has 128 valence electrons. The molecule has 1 aromatic heterocycles. The van der Waals surface area contributed by atoms with Crippen LogP contribution in [0.3, 0.4) is 0 Å². The fourth-order valence-electron chi connectivity index (χ4n) is 3.09. The van der Waals surface area contributed by atoms with Crippen molar-refractivity contribution in [3.8, 4) is 5.75 Å². The summed E-state index contributed by atoms with van der Waals surface area (Å²) >= 11 is 0. The molecule has 1 atom stereocenters. The van der Waals surface area contributed by atoms with Gasteiger partial charge in [0, 0.05) is 12.8 Å². The molecule has 1 aromatic carbocycles. The van der Waals surface area contributed by atoms with Gasteiger partial charge in [-0.1, -0.05) is 12.1 Å². The van der Waals surface area contributed by atoms with Gasteiger partial charge in [-0.3, -0.25) is 4.79 Å². The van der Waals surface area contributed by atoms with Gasteiger partial charge in [0.25, 0.3) is 5.91 Å². The molecule has 1 saturated heterocycles. The molecule has 6 heteroatoms. The zero-order chi connectivity index (χ0) is 16.8. The average Bonchev–Trinajstić information content (AvgIpc) is 3.28. The van der Waals surface area contributed by atoms with Crippen LogP contribution in [-0.2, 0) is 4.79 Å². The van der Waals surface area contributed by atoms with Crippen molar-refractivity contribution >= 4 is 5.91 Å². The van der Waals surface area contributed by atoms with Gasteiger partial charge in [-0.05, 0) is 24.3 Å². The maximum Gasteiger partial charge on any atom is 0.258 e. The molecule has 0 radical (unpaired) electrons. The van der Waals surface area contributed by atoms with E-state index in [1.807, 2.05) is 12.1 Å². The molecule has 0 spiro atoms. The summed E-state index contributed by atoms with van der Waals surface area (Å²) in [7, 11) is 0. The number of likely N-dealkylation sites (tertiary alicyclic amines) is 1. The highest BCUT2D eigenvalue weighted by molar-refractivity contribution is 5.77. The van der Waals surface area contributed by atoms with E-state index < -0.39 is 5.82 Å². The lowest BCUT2D eigenvalue weighted by Gasteiger charge is -2.23. The van der Waals surface area contributed by atoms with E-state index in [4.69, 9.17) is 9.15 Å². The third-order valence-corrected chi connectivity index (χ3v) is 4.32. The number of hydrogen-bond acceptors (Lipinski definition) is 3. The predicted octanol–water partition coefficient (Wildman–Crippen LogP) is 1.33. The van der Waals surface area contributed by atoms with Crippen LogP contribution < -0.4 is 15.0 Å². The van der Waals surface area contributed by atoms with Crippen molar-refractivity contribution in [2.24, 2.45) is 0 Å². The topological polar surface area (TPSA) is 55.9 Å². The van der Waals surface area contributed by atoms with E-state index >= 15 is 0 Å². The maximum absolute atomic E-state index is 13.5. The Balaban J connectivity index is 1.52. The van der Waals surface area contributed by atoms with Crippen LogP contribution in [0.15, 0.2) is 47.1 Å². The molecule has 0 bridgehead atoms. The standard InChI is InChI=1S/C18H21FN2O3/c19-14-6-1-2-7-16(14)24-13-18(22)20-12-15(17-8-5-11-23-17)21-9-3-4-10-21/h1-2,5-8,11,15H,3-4,9-10,12-13H2,(H,20,22)/p+1/t15-/m0/s1. The summed E-state index contributed by atoms with van der Waals surface area (Å²) in [6.07, 6.45) is 4.04. The van der Waals surface area contributed by atoms with E-state index in [1.165, 1.54) is 29.9 Å². The van der Waals surface area contributed by atoms with Crippen molar-refractivity contribution in [2.45, 2.75) is 18.9 Å². The first-order valence-electron chi connectivity index (χ1n) is 8.26. The highest BCUT2D eigenvalue weighted by atomic mass is 19.1. The number of carbonyl (C=O) groups is 1.